The first-order valence-corrected chi connectivity index (χ1v) is 8.70. The molecule has 4 aromatic rings. The Hall–Kier alpha value is -2.38. The molecule has 28 heavy (non-hydrogen) atoms. The Morgan fingerprint density at radius 1 is 1.00 bits per heavy atom. The van der Waals surface area contributed by atoms with Crippen molar-refractivity contribution in [3.63, 3.8) is 0 Å². The van der Waals surface area contributed by atoms with Gasteiger partial charge in [0.15, 0.2) is 11.5 Å². The number of hydrogen-bond donors (Lipinski definition) is 0. The van der Waals surface area contributed by atoms with Gasteiger partial charge < -0.3 is 4.57 Å². The number of fused-ring (bicyclic) bond motifs is 2. The van der Waals surface area contributed by atoms with E-state index in [-0.39, 0.29) is 22.7 Å². The second-order valence-electron chi connectivity index (χ2n) is 5.97. The highest BCUT2D eigenvalue weighted by atomic mass is 127. The maximum Gasteiger partial charge on any atom is 0.417 e. The summed E-state index contributed by atoms with van der Waals surface area (Å²) < 4.78 is 80.5. The number of nitrogens with zero attached hydrogens (tertiary/aromatic N) is 5. The van der Waals surface area contributed by atoms with Crippen LogP contribution < -0.4 is 0 Å². The number of pyridine rings is 2. The van der Waals surface area contributed by atoms with E-state index in [1.54, 1.807) is 7.05 Å². The number of rotatable bonds is 1. The molecule has 0 saturated carbocycles. The first kappa shape index (κ1) is 19.0. The van der Waals surface area contributed by atoms with Gasteiger partial charge in [0.2, 0.25) is 0 Å². The second kappa shape index (κ2) is 6.06. The quantitative estimate of drug-likeness (QED) is 0.269. The van der Waals surface area contributed by atoms with E-state index in [1.165, 1.54) is 10.6 Å². The summed E-state index contributed by atoms with van der Waals surface area (Å²) in [6.45, 7) is 0. The predicted molar refractivity (Wildman–Crippen MR) is 95.4 cm³/mol. The van der Waals surface area contributed by atoms with E-state index in [2.05, 4.69) is 15.1 Å². The van der Waals surface area contributed by atoms with Crippen LogP contribution in [-0.4, -0.2) is 24.1 Å². The summed E-state index contributed by atoms with van der Waals surface area (Å²) in [5, 5.41) is 4.16. The molecular formula is C16H8F6IN5. The standard InChI is InChI=1S/C16H8F6IN5/c1-27-13-9(4-8(5-24-13)16(20,21)22)25-14(27)12-11(23)10-3-2-7(15(17,18)19)6-28(10)26-12/h2-6H,1H3. The number of alkyl halides is 6. The van der Waals surface area contributed by atoms with Gasteiger partial charge in [-0.1, -0.05) is 0 Å². The van der Waals surface area contributed by atoms with Gasteiger partial charge in [0.05, 0.1) is 20.2 Å². The average Bonchev–Trinajstić information content (AvgIpc) is 3.10. The fraction of sp³-hybridized carbons (Fsp3) is 0.188. The van der Waals surface area contributed by atoms with Crippen LogP contribution in [0, 0.1) is 3.57 Å². The van der Waals surface area contributed by atoms with Crippen molar-refractivity contribution in [3.8, 4) is 11.5 Å². The zero-order chi connectivity index (χ0) is 20.4. The van der Waals surface area contributed by atoms with E-state index in [1.807, 2.05) is 22.6 Å². The molecule has 0 atom stereocenters. The first-order valence-electron chi connectivity index (χ1n) is 7.62. The van der Waals surface area contributed by atoms with Crippen LogP contribution >= 0.6 is 22.6 Å². The van der Waals surface area contributed by atoms with Gasteiger partial charge in [-0.05, 0) is 40.8 Å². The van der Waals surface area contributed by atoms with Gasteiger partial charge in [0.25, 0.3) is 0 Å². The highest BCUT2D eigenvalue weighted by Crippen LogP contribution is 2.34. The molecule has 4 rings (SSSR count). The van der Waals surface area contributed by atoms with E-state index in [0.29, 0.717) is 15.3 Å². The normalized spacial score (nSPS) is 13.0. The molecule has 0 aliphatic heterocycles. The van der Waals surface area contributed by atoms with E-state index < -0.39 is 23.5 Å². The number of aryl methyl sites for hydroxylation is 1. The molecule has 12 heteroatoms. The molecule has 4 heterocycles. The van der Waals surface area contributed by atoms with Crippen molar-refractivity contribution in [2.45, 2.75) is 12.4 Å². The lowest BCUT2D eigenvalue weighted by Crippen LogP contribution is -2.06. The molecule has 146 valence electrons. The average molecular weight is 511 g/mol. The van der Waals surface area contributed by atoms with Crippen molar-refractivity contribution in [2.75, 3.05) is 0 Å². The van der Waals surface area contributed by atoms with E-state index in [4.69, 9.17) is 0 Å². The molecule has 0 aliphatic carbocycles. The van der Waals surface area contributed by atoms with Crippen LogP contribution in [0.5, 0.6) is 0 Å². The smallest absolute Gasteiger partial charge is 0.310 e. The Kier molecular flexibility index (Phi) is 4.10. The lowest BCUT2D eigenvalue weighted by molar-refractivity contribution is -0.138. The number of imidazole rings is 1. The molecule has 0 aromatic carbocycles. The second-order valence-corrected chi connectivity index (χ2v) is 7.05. The molecular weight excluding hydrogens is 503 g/mol. The Morgan fingerprint density at radius 3 is 2.32 bits per heavy atom. The molecule has 0 unspecified atom stereocenters. The van der Waals surface area contributed by atoms with Crippen molar-refractivity contribution >= 4 is 39.3 Å². The molecule has 0 fully saturated rings. The zero-order valence-corrected chi connectivity index (χ0v) is 15.9. The third kappa shape index (κ3) is 2.99. The first-order chi connectivity index (χ1) is 13.0. The minimum atomic E-state index is -4.57. The van der Waals surface area contributed by atoms with Crippen LogP contribution in [0.1, 0.15) is 11.1 Å². The number of hydrogen-bond acceptors (Lipinski definition) is 3. The topological polar surface area (TPSA) is 48.0 Å². The largest absolute Gasteiger partial charge is 0.417 e. The lowest BCUT2D eigenvalue weighted by atomic mass is 10.2. The van der Waals surface area contributed by atoms with Gasteiger partial charge in [-0.15, -0.1) is 0 Å². The molecule has 0 N–H and O–H groups in total. The molecule has 0 aliphatic rings. The van der Waals surface area contributed by atoms with Gasteiger partial charge in [0, 0.05) is 19.4 Å². The summed E-state index contributed by atoms with van der Waals surface area (Å²) in [7, 11) is 1.55. The molecule has 0 spiro atoms. The van der Waals surface area contributed by atoms with Crippen LogP contribution in [0.4, 0.5) is 26.3 Å². The molecule has 4 aromatic heterocycles. The van der Waals surface area contributed by atoms with Crippen molar-refractivity contribution in [1.82, 2.24) is 24.1 Å². The van der Waals surface area contributed by atoms with Gasteiger partial charge in [-0.25, -0.2) is 14.5 Å². The van der Waals surface area contributed by atoms with Crippen LogP contribution in [0.2, 0.25) is 0 Å². The molecule has 0 radical (unpaired) electrons. The predicted octanol–water partition coefficient (Wildman–Crippen LogP) is 4.93. The third-order valence-electron chi connectivity index (χ3n) is 4.14. The van der Waals surface area contributed by atoms with Crippen LogP contribution in [0.15, 0.2) is 30.6 Å². The summed E-state index contributed by atoms with van der Waals surface area (Å²) >= 11 is 1.91. The van der Waals surface area contributed by atoms with E-state index in [9.17, 15) is 26.3 Å². The van der Waals surface area contributed by atoms with Crippen LogP contribution in [0.3, 0.4) is 0 Å². The van der Waals surface area contributed by atoms with Gasteiger partial charge in [-0.2, -0.15) is 31.4 Å². The molecule has 0 saturated heterocycles. The maximum absolute atomic E-state index is 12.9. The molecule has 0 amide bonds. The highest BCUT2D eigenvalue weighted by Gasteiger charge is 2.33. The van der Waals surface area contributed by atoms with Crippen molar-refractivity contribution in [2.24, 2.45) is 7.05 Å². The minimum Gasteiger partial charge on any atom is -0.310 e. The van der Waals surface area contributed by atoms with Crippen molar-refractivity contribution in [3.05, 3.63) is 45.3 Å². The van der Waals surface area contributed by atoms with E-state index >= 15 is 0 Å². The third-order valence-corrected chi connectivity index (χ3v) is 5.21. The van der Waals surface area contributed by atoms with Crippen LogP contribution in [0.25, 0.3) is 28.2 Å². The Bertz CT molecular complexity index is 1120. The monoisotopic (exact) mass is 511 g/mol. The highest BCUT2D eigenvalue weighted by molar-refractivity contribution is 14.1. The SMILES string of the molecule is Cn1c(-c2nn3cc(C(F)(F)F)ccc3c2I)nc2cc(C(F)(F)F)cnc21. The van der Waals surface area contributed by atoms with Crippen molar-refractivity contribution in [1.29, 1.82) is 0 Å². The number of aromatic nitrogens is 5. The number of halogens is 7. The fourth-order valence-corrected chi connectivity index (χ4v) is 3.55. The molecule has 0 bridgehead atoms. The summed E-state index contributed by atoms with van der Waals surface area (Å²) in [6.07, 6.45) is -7.53. The summed E-state index contributed by atoms with van der Waals surface area (Å²) in [6, 6.07) is 3.09. The zero-order valence-electron chi connectivity index (χ0n) is 13.8. The fourth-order valence-electron chi connectivity index (χ4n) is 2.77. The molecule has 5 nitrogen and oxygen atoms in total. The summed E-state index contributed by atoms with van der Waals surface area (Å²) in [5.74, 6) is 0.198. The van der Waals surface area contributed by atoms with Gasteiger partial charge in [-0.3, -0.25) is 0 Å². The van der Waals surface area contributed by atoms with Crippen LogP contribution in [-0.2, 0) is 19.4 Å². The minimum absolute atomic E-state index is 0.0103. The summed E-state index contributed by atoms with van der Waals surface area (Å²) in [5.41, 5.74) is -0.937. The lowest BCUT2D eigenvalue weighted by Gasteiger charge is -2.05. The Morgan fingerprint density at radius 2 is 1.68 bits per heavy atom. The Balaban J connectivity index is 1.91. The van der Waals surface area contributed by atoms with Gasteiger partial charge >= 0.3 is 12.4 Å². The van der Waals surface area contributed by atoms with E-state index in [0.717, 1.165) is 22.8 Å². The Labute approximate surface area is 166 Å². The van der Waals surface area contributed by atoms with Crippen molar-refractivity contribution < 1.29 is 26.3 Å². The summed E-state index contributed by atoms with van der Waals surface area (Å²) in [4.78, 5) is 8.00. The van der Waals surface area contributed by atoms with Gasteiger partial charge in [0.1, 0.15) is 11.2 Å². The maximum atomic E-state index is 12.9.